The molecule has 2 rings (SSSR count). The average Bonchev–Trinajstić information content (AvgIpc) is 2.39. The van der Waals surface area contributed by atoms with Gasteiger partial charge in [0.25, 0.3) is 0 Å². The van der Waals surface area contributed by atoms with Gasteiger partial charge in [-0.25, -0.2) is 0 Å². The molecule has 1 saturated carbocycles. The van der Waals surface area contributed by atoms with E-state index in [0.29, 0.717) is 6.04 Å². The van der Waals surface area contributed by atoms with Gasteiger partial charge < -0.3 is 10.1 Å². The highest BCUT2D eigenvalue weighted by molar-refractivity contribution is 4.78. The maximum atomic E-state index is 5.55. The van der Waals surface area contributed by atoms with Gasteiger partial charge in [0, 0.05) is 31.7 Å². The molecule has 3 nitrogen and oxygen atoms in total. The van der Waals surface area contributed by atoms with Gasteiger partial charge in [0.05, 0.1) is 13.2 Å². The second-order valence-electron chi connectivity index (χ2n) is 6.10. The van der Waals surface area contributed by atoms with Crippen LogP contribution in [0.4, 0.5) is 0 Å². The van der Waals surface area contributed by atoms with Gasteiger partial charge in [0.15, 0.2) is 0 Å². The first-order valence-corrected chi connectivity index (χ1v) is 7.84. The first kappa shape index (κ1) is 14.3. The maximum absolute atomic E-state index is 5.55. The minimum Gasteiger partial charge on any atom is -0.378 e. The average molecular weight is 254 g/mol. The molecule has 1 aliphatic heterocycles. The van der Waals surface area contributed by atoms with Crippen LogP contribution in [0.1, 0.15) is 46.0 Å². The van der Waals surface area contributed by atoms with Gasteiger partial charge in [-0.15, -0.1) is 0 Å². The van der Waals surface area contributed by atoms with Gasteiger partial charge in [-0.3, -0.25) is 4.90 Å². The van der Waals surface area contributed by atoms with E-state index >= 15 is 0 Å². The summed E-state index contributed by atoms with van der Waals surface area (Å²) in [6, 6.07) is 1.42. The molecule has 18 heavy (non-hydrogen) atoms. The second-order valence-corrected chi connectivity index (χ2v) is 6.10. The Bertz CT molecular complexity index is 235. The summed E-state index contributed by atoms with van der Waals surface area (Å²) in [5.41, 5.74) is 0. The minimum atomic E-state index is 0.644. The van der Waals surface area contributed by atoms with Crippen molar-refractivity contribution in [3.63, 3.8) is 0 Å². The van der Waals surface area contributed by atoms with Crippen molar-refractivity contribution < 1.29 is 4.74 Å². The summed E-state index contributed by atoms with van der Waals surface area (Å²) >= 11 is 0. The molecule has 3 atom stereocenters. The molecule has 0 aromatic heterocycles. The summed E-state index contributed by atoms with van der Waals surface area (Å²) < 4.78 is 5.55. The van der Waals surface area contributed by atoms with Crippen LogP contribution < -0.4 is 5.32 Å². The predicted molar refractivity (Wildman–Crippen MR) is 75.9 cm³/mol. The van der Waals surface area contributed by atoms with Crippen molar-refractivity contribution in [3.8, 4) is 0 Å². The van der Waals surface area contributed by atoms with E-state index in [4.69, 9.17) is 4.74 Å². The minimum absolute atomic E-state index is 0.644. The number of nitrogens with zero attached hydrogens (tertiary/aromatic N) is 1. The number of hydrogen-bond acceptors (Lipinski definition) is 3. The predicted octanol–water partition coefficient (Wildman–Crippen LogP) is 2.27. The normalized spacial score (nSPS) is 34.7. The molecule has 0 spiro atoms. The largest absolute Gasteiger partial charge is 0.378 e. The topological polar surface area (TPSA) is 24.5 Å². The molecule has 0 aromatic rings. The molecule has 2 fully saturated rings. The molecular weight excluding hydrogens is 224 g/mol. The Hall–Kier alpha value is -0.120. The molecule has 2 aliphatic rings. The van der Waals surface area contributed by atoms with Crippen LogP contribution in [0.15, 0.2) is 0 Å². The number of ether oxygens (including phenoxy) is 1. The second kappa shape index (κ2) is 7.46. The van der Waals surface area contributed by atoms with Gasteiger partial charge >= 0.3 is 0 Å². The van der Waals surface area contributed by atoms with Gasteiger partial charge in [-0.2, -0.15) is 0 Å². The Labute approximate surface area is 112 Å². The maximum Gasteiger partial charge on any atom is 0.0622 e. The fourth-order valence-electron chi connectivity index (χ4n) is 3.39. The lowest BCUT2D eigenvalue weighted by Gasteiger charge is -2.36. The summed E-state index contributed by atoms with van der Waals surface area (Å²) in [4.78, 5) is 2.60. The highest BCUT2D eigenvalue weighted by Crippen LogP contribution is 2.23. The van der Waals surface area contributed by atoms with E-state index in [2.05, 4.69) is 24.1 Å². The van der Waals surface area contributed by atoms with E-state index < -0.39 is 0 Å². The number of hydrogen-bond donors (Lipinski definition) is 1. The van der Waals surface area contributed by atoms with Gasteiger partial charge in [0.2, 0.25) is 0 Å². The van der Waals surface area contributed by atoms with Crippen LogP contribution in [0.2, 0.25) is 0 Å². The standard InChI is InChI=1S/C15H30N2O/c1-3-15-12-18-10-9-17(15)8-7-16-14-6-4-5-13(2)11-14/h13-16H,3-12H2,1-2H3. The molecule has 1 heterocycles. The summed E-state index contributed by atoms with van der Waals surface area (Å²) in [7, 11) is 0. The third kappa shape index (κ3) is 4.22. The van der Waals surface area contributed by atoms with Gasteiger partial charge in [0.1, 0.15) is 0 Å². The summed E-state index contributed by atoms with van der Waals surface area (Å²) in [5.74, 6) is 0.919. The van der Waals surface area contributed by atoms with E-state index in [1.54, 1.807) is 0 Å². The Kier molecular flexibility index (Phi) is 5.93. The molecule has 0 aromatic carbocycles. The highest BCUT2D eigenvalue weighted by atomic mass is 16.5. The van der Waals surface area contributed by atoms with E-state index in [1.807, 2.05) is 0 Å². The van der Waals surface area contributed by atoms with Crippen LogP contribution in [0.5, 0.6) is 0 Å². The lowest BCUT2D eigenvalue weighted by Crippen LogP contribution is -2.48. The zero-order chi connectivity index (χ0) is 12.8. The van der Waals surface area contributed by atoms with Crippen molar-refractivity contribution in [2.45, 2.75) is 58.0 Å². The number of rotatable bonds is 5. The van der Waals surface area contributed by atoms with Crippen molar-refractivity contribution in [1.82, 2.24) is 10.2 Å². The SMILES string of the molecule is CCC1COCCN1CCNC1CCCC(C)C1. The number of nitrogens with one attached hydrogen (secondary N) is 1. The first-order chi connectivity index (χ1) is 8.79. The van der Waals surface area contributed by atoms with Gasteiger partial charge in [-0.05, 0) is 25.2 Å². The van der Waals surface area contributed by atoms with E-state index in [1.165, 1.54) is 38.6 Å². The summed E-state index contributed by atoms with van der Waals surface area (Å²) in [6.45, 7) is 9.95. The van der Waals surface area contributed by atoms with Crippen LogP contribution in [0.25, 0.3) is 0 Å². The fourth-order valence-corrected chi connectivity index (χ4v) is 3.39. The summed E-state index contributed by atoms with van der Waals surface area (Å²) in [6.07, 6.45) is 6.80. The molecule has 0 bridgehead atoms. The quantitative estimate of drug-likeness (QED) is 0.814. The Morgan fingerprint density at radius 2 is 2.22 bits per heavy atom. The molecule has 1 N–H and O–H groups in total. The smallest absolute Gasteiger partial charge is 0.0622 e. The van der Waals surface area contributed by atoms with Crippen molar-refractivity contribution in [2.75, 3.05) is 32.8 Å². The van der Waals surface area contributed by atoms with Crippen LogP contribution in [0.3, 0.4) is 0 Å². The molecule has 1 aliphatic carbocycles. The lowest BCUT2D eigenvalue weighted by atomic mass is 9.87. The molecule has 0 radical (unpaired) electrons. The summed E-state index contributed by atoms with van der Waals surface area (Å²) in [5, 5.41) is 3.76. The van der Waals surface area contributed by atoms with Crippen LogP contribution in [-0.2, 0) is 4.74 Å². The Balaban J connectivity index is 1.64. The fraction of sp³-hybridized carbons (Fsp3) is 1.00. The van der Waals surface area contributed by atoms with Crippen LogP contribution in [-0.4, -0.2) is 49.8 Å². The molecule has 3 unspecified atom stereocenters. The monoisotopic (exact) mass is 254 g/mol. The van der Waals surface area contributed by atoms with E-state index in [-0.39, 0.29) is 0 Å². The third-order valence-corrected chi connectivity index (χ3v) is 4.59. The van der Waals surface area contributed by atoms with Crippen LogP contribution >= 0.6 is 0 Å². The van der Waals surface area contributed by atoms with E-state index in [9.17, 15) is 0 Å². The lowest BCUT2D eigenvalue weighted by molar-refractivity contribution is -0.00826. The first-order valence-electron chi connectivity index (χ1n) is 7.84. The van der Waals surface area contributed by atoms with Crippen molar-refractivity contribution in [1.29, 1.82) is 0 Å². The molecule has 3 heteroatoms. The third-order valence-electron chi connectivity index (χ3n) is 4.59. The number of morpholine rings is 1. The van der Waals surface area contributed by atoms with Crippen LogP contribution in [0, 0.1) is 5.92 Å². The zero-order valence-corrected chi connectivity index (χ0v) is 12.2. The molecule has 0 amide bonds. The van der Waals surface area contributed by atoms with Crippen molar-refractivity contribution in [2.24, 2.45) is 5.92 Å². The Morgan fingerprint density at radius 1 is 1.33 bits per heavy atom. The van der Waals surface area contributed by atoms with Crippen molar-refractivity contribution in [3.05, 3.63) is 0 Å². The van der Waals surface area contributed by atoms with Crippen molar-refractivity contribution >= 4 is 0 Å². The zero-order valence-electron chi connectivity index (χ0n) is 12.2. The molecule has 1 saturated heterocycles. The highest BCUT2D eigenvalue weighted by Gasteiger charge is 2.22. The Morgan fingerprint density at radius 3 is 3.00 bits per heavy atom. The molecular formula is C15H30N2O. The molecule has 106 valence electrons. The van der Waals surface area contributed by atoms with Gasteiger partial charge in [-0.1, -0.05) is 26.7 Å². The van der Waals surface area contributed by atoms with E-state index in [0.717, 1.165) is 38.3 Å².